The molecule has 38 valence electrons. The van der Waals surface area contributed by atoms with Crippen LogP contribution < -0.4 is 0 Å². The zero-order chi connectivity index (χ0) is 5.21. The second-order valence-electron chi connectivity index (χ2n) is 1.57. The zero-order valence-electron chi connectivity index (χ0n) is 4.29. The molecule has 0 aromatic carbocycles. The first kappa shape index (κ1) is 5.89. The number of alkyl halides is 1. The van der Waals surface area contributed by atoms with Crippen molar-refractivity contribution in [3.63, 3.8) is 0 Å². The Morgan fingerprint density at radius 1 is 1.50 bits per heavy atom. The first-order valence-corrected chi connectivity index (χ1v) is 1.80. The average molecular weight is 92.1 g/mol. The Morgan fingerprint density at radius 2 is 1.67 bits per heavy atom. The van der Waals surface area contributed by atoms with Gasteiger partial charge >= 0.3 is 0 Å². The van der Waals surface area contributed by atoms with E-state index < -0.39 is 5.85 Å². The van der Waals surface area contributed by atoms with E-state index in [1.807, 2.05) is 0 Å². The molecule has 0 spiro atoms. The minimum atomic E-state index is -1.46. The van der Waals surface area contributed by atoms with Crippen molar-refractivity contribution in [1.82, 2.24) is 0 Å². The first-order chi connectivity index (χ1) is 2.56. The predicted octanol–water partition coefficient (Wildman–Crippen LogP) is 1.34. The number of hydrogen-bond acceptors (Lipinski definition) is 1. The molecule has 0 amide bonds. The molecule has 0 aliphatic rings. The minimum absolute atomic E-state index is 1.33. The third-order valence-corrected chi connectivity index (χ3v) is 0.485. The fourth-order valence-electron chi connectivity index (χ4n) is 0. The van der Waals surface area contributed by atoms with Crippen molar-refractivity contribution >= 4 is 0 Å². The summed E-state index contributed by atoms with van der Waals surface area (Å²) in [6.45, 7) is 2.71. The predicted molar refractivity (Wildman–Crippen MR) is 22.2 cm³/mol. The lowest BCUT2D eigenvalue weighted by Gasteiger charge is -2.08. The summed E-state index contributed by atoms with van der Waals surface area (Å²) in [5.74, 6) is -1.46. The van der Waals surface area contributed by atoms with Gasteiger partial charge in [0.25, 0.3) is 0 Å². The van der Waals surface area contributed by atoms with Crippen LogP contribution in [0.3, 0.4) is 0 Å². The van der Waals surface area contributed by atoms with E-state index >= 15 is 0 Å². The molecule has 0 fully saturated rings. The van der Waals surface area contributed by atoms with Crippen molar-refractivity contribution in [1.29, 1.82) is 0 Å². The SMILES string of the molecule is COC(C)(C)F. The van der Waals surface area contributed by atoms with E-state index in [1.54, 1.807) is 0 Å². The molecule has 0 aromatic heterocycles. The van der Waals surface area contributed by atoms with Crippen LogP contribution in [0.5, 0.6) is 0 Å². The van der Waals surface area contributed by atoms with E-state index in [-0.39, 0.29) is 0 Å². The van der Waals surface area contributed by atoms with Crippen LogP contribution in [0.2, 0.25) is 0 Å². The smallest absolute Gasteiger partial charge is 0.203 e. The van der Waals surface area contributed by atoms with Crippen LogP contribution in [-0.4, -0.2) is 13.0 Å². The minimum Gasteiger partial charge on any atom is -0.350 e. The highest BCUT2D eigenvalue weighted by Gasteiger charge is 2.10. The van der Waals surface area contributed by atoms with Crippen molar-refractivity contribution in [3.05, 3.63) is 0 Å². The number of ether oxygens (including phenoxy) is 1. The molecule has 0 rings (SSSR count). The lowest BCUT2D eigenvalue weighted by Crippen LogP contribution is -2.13. The van der Waals surface area contributed by atoms with Gasteiger partial charge in [-0.1, -0.05) is 0 Å². The standard InChI is InChI=1S/C4H9FO/c1-4(2,5)6-3/h1-3H3. The van der Waals surface area contributed by atoms with E-state index in [2.05, 4.69) is 4.74 Å². The summed E-state index contributed by atoms with van der Waals surface area (Å²) in [4.78, 5) is 0. The number of rotatable bonds is 1. The zero-order valence-corrected chi connectivity index (χ0v) is 4.29. The molecule has 0 saturated heterocycles. The van der Waals surface area contributed by atoms with Crippen LogP contribution >= 0.6 is 0 Å². The van der Waals surface area contributed by atoms with Crippen molar-refractivity contribution < 1.29 is 9.13 Å². The first-order valence-electron chi connectivity index (χ1n) is 1.80. The normalized spacial score (nSPS) is 12.0. The molecular formula is C4H9FO. The maximum Gasteiger partial charge on any atom is 0.203 e. The molecule has 0 unspecified atom stereocenters. The molecule has 0 heterocycles. The van der Waals surface area contributed by atoms with Gasteiger partial charge in [0.05, 0.1) is 0 Å². The quantitative estimate of drug-likeness (QED) is 0.474. The highest BCUT2D eigenvalue weighted by atomic mass is 19.2. The Bertz CT molecular complexity index is 37.3. The van der Waals surface area contributed by atoms with Crippen LogP contribution in [-0.2, 0) is 4.74 Å². The highest BCUT2D eigenvalue weighted by Crippen LogP contribution is 2.05. The van der Waals surface area contributed by atoms with Crippen LogP contribution in [0.15, 0.2) is 0 Å². The molecule has 1 nitrogen and oxygen atoms in total. The van der Waals surface area contributed by atoms with Crippen LogP contribution in [0.1, 0.15) is 13.8 Å². The lowest BCUT2D eigenvalue weighted by molar-refractivity contribution is -0.0886. The molecular weight excluding hydrogens is 83.0 g/mol. The molecule has 0 aliphatic heterocycles. The van der Waals surface area contributed by atoms with Crippen molar-refractivity contribution in [2.24, 2.45) is 0 Å². The fraction of sp³-hybridized carbons (Fsp3) is 1.00. The van der Waals surface area contributed by atoms with Gasteiger partial charge in [0.2, 0.25) is 5.85 Å². The summed E-state index contributed by atoms with van der Waals surface area (Å²) in [6, 6.07) is 0. The third-order valence-electron chi connectivity index (χ3n) is 0.485. The van der Waals surface area contributed by atoms with Gasteiger partial charge in [0, 0.05) is 7.11 Å². The number of hydrogen-bond donors (Lipinski definition) is 0. The molecule has 6 heavy (non-hydrogen) atoms. The second-order valence-corrected chi connectivity index (χ2v) is 1.57. The summed E-state index contributed by atoms with van der Waals surface area (Å²) in [6.07, 6.45) is 0. The molecule has 0 radical (unpaired) electrons. The van der Waals surface area contributed by atoms with Gasteiger partial charge in [-0.2, -0.15) is 0 Å². The molecule has 0 atom stereocenters. The van der Waals surface area contributed by atoms with Crippen molar-refractivity contribution in [3.8, 4) is 0 Å². The van der Waals surface area contributed by atoms with Gasteiger partial charge in [-0.3, -0.25) is 0 Å². The van der Waals surface area contributed by atoms with E-state index in [9.17, 15) is 4.39 Å². The van der Waals surface area contributed by atoms with Gasteiger partial charge in [-0.25, -0.2) is 4.39 Å². The Balaban J connectivity index is 3.17. The third kappa shape index (κ3) is 3.89. The second kappa shape index (κ2) is 1.56. The molecule has 0 N–H and O–H groups in total. The van der Waals surface area contributed by atoms with Crippen LogP contribution in [0.4, 0.5) is 4.39 Å². The molecule has 0 aliphatic carbocycles. The van der Waals surface area contributed by atoms with Crippen LogP contribution in [0, 0.1) is 0 Å². The Labute approximate surface area is 37.1 Å². The van der Waals surface area contributed by atoms with E-state index in [0.717, 1.165) is 0 Å². The van der Waals surface area contributed by atoms with Gasteiger partial charge < -0.3 is 4.74 Å². The monoisotopic (exact) mass is 92.1 g/mol. The highest BCUT2D eigenvalue weighted by molar-refractivity contribution is 4.43. The van der Waals surface area contributed by atoms with Crippen molar-refractivity contribution in [2.75, 3.05) is 7.11 Å². The average Bonchev–Trinajstić information content (AvgIpc) is 1.35. The van der Waals surface area contributed by atoms with Gasteiger partial charge in [0.1, 0.15) is 0 Å². The number of halogens is 1. The molecule has 0 bridgehead atoms. The summed E-state index contributed by atoms with van der Waals surface area (Å²) >= 11 is 0. The van der Waals surface area contributed by atoms with E-state index in [1.165, 1.54) is 21.0 Å². The summed E-state index contributed by atoms with van der Waals surface area (Å²) in [7, 11) is 1.33. The maximum absolute atomic E-state index is 11.9. The molecule has 0 saturated carbocycles. The van der Waals surface area contributed by atoms with Gasteiger partial charge in [-0.05, 0) is 13.8 Å². The molecule has 0 aromatic rings. The summed E-state index contributed by atoms with van der Waals surface area (Å²) < 4.78 is 16.2. The largest absolute Gasteiger partial charge is 0.350 e. The van der Waals surface area contributed by atoms with Crippen LogP contribution in [0.25, 0.3) is 0 Å². The Kier molecular flexibility index (Phi) is 1.53. The number of methoxy groups -OCH3 is 1. The van der Waals surface area contributed by atoms with Crippen molar-refractivity contribution in [2.45, 2.75) is 19.7 Å². The summed E-state index contributed by atoms with van der Waals surface area (Å²) in [5, 5.41) is 0. The topological polar surface area (TPSA) is 9.23 Å². The Hall–Kier alpha value is -0.110. The lowest BCUT2D eigenvalue weighted by atomic mass is 10.4. The maximum atomic E-state index is 11.9. The van der Waals surface area contributed by atoms with E-state index in [0.29, 0.717) is 0 Å². The van der Waals surface area contributed by atoms with Gasteiger partial charge in [-0.15, -0.1) is 0 Å². The summed E-state index contributed by atoms with van der Waals surface area (Å²) in [5.41, 5.74) is 0. The fourth-order valence-corrected chi connectivity index (χ4v) is 0. The molecule has 2 heteroatoms. The van der Waals surface area contributed by atoms with E-state index in [4.69, 9.17) is 0 Å². The Morgan fingerprint density at radius 3 is 1.67 bits per heavy atom. The van der Waals surface area contributed by atoms with Gasteiger partial charge in [0.15, 0.2) is 0 Å².